The molecule has 2 aromatic rings. The molecule has 0 atom stereocenters. The number of oxime groups is 1. The molecule has 21 heavy (non-hydrogen) atoms. The first kappa shape index (κ1) is 15.7. The number of nitrogens with two attached hydrogens (primary N) is 1. The predicted molar refractivity (Wildman–Crippen MR) is 81.7 cm³/mol. The summed E-state index contributed by atoms with van der Waals surface area (Å²) in [7, 11) is -3.81. The number of sulfonamides is 1. The highest BCUT2D eigenvalue weighted by atomic mass is 79.9. The summed E-state index contributed by atoms with van der Waals surface area (Å²) in [6, 6.07) is 5.01. The van der Waals surface area contributed by atoms with Crippen molar-refractivity contribution in [2.24, 2.45) is 10.9 Å². The number of amidine groups is 1. The first-order valence-electron chi connectivity index (χ1n) is 5.38. The first-order chi connectivity index (χ1) is 9.85. The number of nitrogens with zero attached hydrogens (tertiary/aromatic N) is 1. The summed E-state index contributed by atoms with van der Waals surface area (Å²) in [4.78, 5) is 0. The first-order valence-corrected chi connectivity index (χ1v) is 8.54. The molecule has 10 heteroatoms. The van der Waals surface area contributed by atoms with Crippen LogP contribution in [-0.4, -0.2) is 19.5 Å². The van der Waals surface area contributed by atoms with Crippen LogP contribution in [0.15, 0.2) is 43.5 Å². The average Bonchev–Trinajstić information content (AvgIpc) is 2.87. The van der Waals surface area contributed by atoms with Gasteiger partial charge in [0.2, 0.25) is 0 Å². The predicted octanol–water partition coefficient (Wildman–Crippen LogP) is 2.55. The van der Waals surface area contributed by atoms with Crippen LogP contribution in [0, 0.1) is 5.82 Å². The Hall–Kier alpha value is -1.65. The number of halogens is 2. The summed E-state index contributed by atoms with van der Waals surface area (Å²) < 4.78 is 40.7. The third kappa shape index (κ3) is 3.34. The Kier molecular flexibility index (Phi) is 4.49. The Morgan fingerprint density at radius 3 is 2.71 bits per heavy atom. The van der Waals surface area contributed by atoms with E-state index in [1.807, 2.05) is 0 Å². The highest BCUT2D eigenvalue weighted by Gasteiger charge is 2.20. The highest BCUT2D eigenvalue weighted by Crippen LogP contribution is 2.29. The maximum atomic E-state index is 13.5. The summed E-state index contributed by atoms with van der Waals surface area (Å²) in [6.45, 7) is 0. The molecule has 0 saturated heterocycles. The van der Waals surface area contributed by atoms with Crippen molar-refractivity contribution in [2.75, 3.05) is 4.72 Å². The second-order valence-electron chi connectivity index (χ2n) is 3.84. The van der Waals surface area contributed by atoms with Gasteiger partial charge in [-0.1, -0.05) is 5.16 Å². The molecule has 0 saturated carbocycles. The van der Waals surface area contributed by atoms with Crippen molar-refractivity contribution in [3.63, 3.8) is 0 Å². The lowest BCUT2D eigenvalue weighted by Crippen LogP contribution is -2.17. The molecule has 0 aliphatic carbocycles. The molecule has 0 aliphatic heterocycles. The fraction of sp³-hybridized carbons (Fsp3) is 0. The number of rotatable bonds is 4. The maximum absolute atomic E-state index is 13.5. The van der Waals surface area contributed by atoms with Gasteiger partial charge in [0, 0.05) is 10.2 Å². The fourth-order valence-electron chi connectivity index (χ4n) is 1.51. The fourth-order valence-corrected chi connectivity index (χ4v) is 4.90. The van der Waals surface area contributed by atoms with Crippen molar-refractivity contribution in [2.45, 2.75) is 4.21 Å². The third-order valence-electron chi connectivity index (χ3n) is 2.43. The molecule has 0 bridgehead atoms. The molecule has 6 nitrogen and oxygen atoms in total. The zero-order valence-corrected chi connectivity index (χ0v) is 13.5. The topological polar surface area (TPSA) is 105 Å². The number of benzene rings is 1. The minimum absolute atomic E-state index is 0.0946. The second kappa shape index (κ2) is 6.00. The van der Waals surface area contributed by atoms with Crippen LogP contribution in [0.1, 0.15) is 5.56 Å². The summed E-state index contributed by atoms with van der Waals surface area (Å²) in [6.07, 6.45) is 0. The van der Waals surface area contributed by atoms with Crippen molar-refractivity contribution in [3.05, 3.63) is 45.5 Å². The lowest BCUT2D eigenvalue weighted by molar-refractivity contribution is 0.318. The maximum Gasteiger partial charge on any atom is 0.272 e. The second-order valence-corrected chi connectivity index (χ2v) is 7.49. The van der Waals surface area contributed by atoms with Crippen molar-refractivity contribution in [1.82, 2.24) is 0 Å². The Bertz CT molecular complexity index is 805. The van der Waals surface area contributed by atoms with Crippen LogP contribution in [-0.2, 0) is 10.0 Å². The lowest BCUT2D eigenvalue weighted by atomic mass is 10.2. The van der Waals surface area contributed by atoms with Gasteiger partial charge in [0.25, 0.3) is 10.0 Å². The summed E-state index contributed by atoms with van der Waals surface area (Å²) in [5, 5.41) is 12.9. The van der Waals surface area contributed by atoms with Gasteiger partial charge in [-0.2, -0.15) is 0 Å². The van der Waals surface area contributed by atoms with Crippen LogP contribution < -0.4 is 10.5 Å². The normalized spacial score (nSPS) is 12.4. The van der Waals surface area contributed by atoms with E-state index in [-0.39, 0.29) is 15.5 Å². The summed E-state index contributed by atoms with van der Waals surface area (Å²) >= 11 is 4.17. The molecule has 0 radical (unpaired) electrons. The van der Waals surface area contributed by atoms with Crippen LogP contribution in [0.2, 0.25) is 0 Å². The SMILES string of the molecule is NC(=NO)c1cc(NS(=O)(=O)c2sccc2Br)ccc1F. The number of anilines is 1. The van der Waals surface area contributed by atoms with Crippen molar-refractivity contribution in [3.8, 4) is 0 Å². The van der Waals surface area contributed by atoms with E-state index >= 15 is 0 Å². The average molecular weight is 394 g/mol. The minimum Gasteiger partial charge on any atom is -0.409 e. The van der Waals surface area contributed by atoms with Crippen LogP contribution in [0.25, 0.3) is 0 Å². The van der Waals surface area contributed by atoms with E-state index in [9.17, 15) is 12.8 Å². The summed E-state index contributed by atoms with van der Waals surface area (Å²) in [5.41, 5.74) is 5.21. The number of hydrogen-bond acceptors (Lipinski definition) is 5. The van der Waals surface area contributed by atoms with Crippen molar-refractivity contribution in [1.29, 1.82) is 0 Å². The molecule has 4 N–H and O–H groups in total. The molecule has 0 fully saturated rings. The van der Waals surface area contributed by atoms with Crippen LogP contribution in [0.5, 0.6) is 0 Å². The number of thiophene rings is 1. The molecule has 112 valence electrons. The molecule has 1 aromatic carbocycles. The van der Waals surface area contributed by atoms with Gasteiger partial charge < -0.3 is 10.9 Å². The van der Waals surface area contributed by atoms with Crippen molar-refractivity contribution < 1.29 is 18.0 Å². The molecule has 2 rings (SSSR count). The van der Waals surface area contributed by atoms with Gasteiger partial charge in [0.05, 0.1) is 5.56 Å². The third-order valence-corrected chi connectivity index (χ3v) is 6.48. The number of hydrogen-bond donors (Lipinski definition) is 3. The molecular formula is C11H9BrFN3O3S2. The Morgan fingerprint density at radius 2 is 2.14 bits per heavy atom. The highest BCUT2D eigenvalue weighted by molar-refractivity contribution is 9.10. The Morgan fingerprint density at radius 1 is 1.43 bits per heavy atom. The van der Waals surface area contributed by atoms with Gasteiger partial charge in [-0.15, -0.1) is 11.3 Å². The quantitative estimate of drug-likeness (QED) is 0.321. The van der Waals surface area contributed by atoms with Gasteiger partial charge in [0.1, 0.15) is 5.82 Å². The molecule has 1 heterocycles. The van der Waals surface area contributed by atoms with Crippen LogP contribution >= 0.6 is 27.3 Å². The molecule has 1 aromatic heterocycles. The van der Waals surface area contributed by atoms with E-state index < -0.39 is 21.7 Å². The van der Waals surface area contributed by atoms with E-state index in [0.29, 0.717) is 4.47 Å². The van der Waals surface area contributed by atoms with E-state index in [4.69, 9.17) is 10.9 Å². The van der Waals surface area contributed by atoms with E-state index in [0.717, 1.165) is 23.5 Å². The summed E-state index contributed by atoms with van der Waals surface area (Å²) in [5.74, 6) is -1.18. The minimum atomic E-state index is -3.81. The zero-order chi connectivity index (χ0) is 15.6. The largest absolute Gasteiger partial charge is 0.409 e. The van der Waals surface area contributed by atoms with Gasteiger partial charge in [0.15, 0.2) is 10.0 Å². The standard InChI is InChI=1S/C11H9BrFN3O3S2/c12-8-3-4-20-11(8)21(18,19)16-6-1-2-9(13)7(5-6)10(14)15-17/h1-5,16-17H,(H2,14,15). The zero-order valence-electron chi connectivity index (χ0n) is 10.2. The molecule has 0 spiro atoms. The molecule has 0 aliphatic rings. The molecular weight excluding hydrogens is 385 g/mol. The smallest absolute Gasteiger partial charge is 0.272 e. The van der Waals surface area contributed by atoms with E-state index in [1.165, 1.54) is 6.07 Å². The van der Waals surface area contributed by atoms with Crippen LogP contribution in [0.4, 0.5) is 10.1 Å². The Labute approximate surface area is 132 Å². The van der Waals surface area contributed by atoms with Gasteiger partial charge in [-0.25, -0.2) is 12.8 Å². The van der Waals surface area contributed by atoms with E-state index in [1.54, 1.807) is 11.4 Å². The van der Waals surface area contributed by atoms with Crippen molar-refractivity contribution >= 4 is 48.8 Å². The monoisotopic (exact) mass is 393 g/mol. The van der Waals surface area contributed by atoms with Crippen LogP contribution in [0.3, 0.4) is 0 Å². The lowest BCUT2D eigenvalue weighted by Gasteiger charge is -2.09. The van der Waals surface area contributed by atoms with Gasteiger partial charge in [-0.05, 0) is 45.6 Å². The number of nitrogens with one attached hydrogen (secondary N) is 1. The van der Waals surface area contributed by atoms with Gasteiger partial charge in [-0.3, -0.25) is 4.72 Å². The molecule has 0 unspecified atom stereocenters. The van der Waals surface area contributed by atoms with Gasteiger partial charge >= 0.3 is 0 Å². The van der Waals surface area contributed by atoms with E-state index in [2.05, 4.69) is 25.8 Å². The molecule has 0 amide bonds. The Balaban J connectivity index is 2.39.